The SMILES string of the molecule is Cc1cccc2cccc(N3CCc4c(nc(Cl)nc4N4CCN(C(=O)OCc5ccccc5)[C@@H](CC#N)C4)C3)c12. The van der Waals surface area contributed by atoms with Crippen molar-refractivity contribution in [1.29, 1.82) is 5.26 Å². The number of rotatable bonds is 5. The average Bonchev–Trinajstić information content (AvgIpc) is 2.99. The van der Waals surface area contributed by atoms with Gasteiger partial charge in [-0.1, -0.05) is 60.7 Å². The number of ether oxygens (including phenoxy) is 1. The Morgan fingerprint density at radius 3 is 2.63 bits per heavy atom. The van der Waals surface area contributed by atoms with Gasteiger partial charge in [0.1, 0.15) is 12.4 Å². The van der Waals surface area contributed by atoms with Gasteiger partial charge in [0.05, 0.1) is 30.8 Å². The molecule has 0 radical (unpaired) electrons. The van der Waals surface area contributed by atoms with Crippen LogP contribution in [0.2, 0.25) is 5.28 Å². The van der Waals surface area contributed by atoms with Crippen molar-refractivity contribution in [1.82, 2.24) is 14.9 Å². The summed E-state index contributed by atoms with van der Waals surface area (Å²) in [6.07, 6.45) is 0.566. The summed E-state index contributed by atoms with van der Waals surface area (Å²) in [5, 5.41) is 12.2. The lowest BCUT2D eigenvalue weighted by molar-refractivity contribution is 0.0768. The summed E-state index contributed by atoms with van der Waals surface area (Å²) in [7, 11) is 0. The van der Waals surface area contributed by atoms with E-state index in [1.165, 1.54) is 22.0 Å². The average molecular weight is 567 g/mol. The van der Waals surface area contributed by atoms with Crippen molar-refractivity contribution in [2.45, 2.75) is 39.0 Å². The predicted molar refractivity (Wildman–Crippen MR) is 160 cm³/mol. The van der Waals surface area contributed by atoms with Crippen LogP contribution in [0.5, 0.6) is 0 Å². The van der Waals surface area contributed by atoms with Gasteiger partial charge in [-0.05, 0) is 47.5 Å². The van der Waals surface area contributed by atoms with Crippen molar-refractivity contribution in [3.05, 3.63) is 94.4 Å². The monoisotopic (exact) mass is 566 g/mol. The Hall–Kier alpha value is -4.35. The first-order valence-corrected chi connectivity index (χ1v) is 14.3. The summed E-state index contributed by atoms with van der Waals surface area (Å²) in [5.74, 6) is 0.800. The second-order valence-electron chi connectivity index (χ2n) is 10.6. The Morgan fingerprint density at radius 2 is 1.83 bits per heavy atom. The van der Waals surface area contributed by atoms with Gasteiger partial charge in [-0.2, -0.15) is 5.26 Å². The fraction of sp³-hybridized carbons (Fsp3) is 0.312. The molecule has 6 rings (SSSR count). The molecule has 2 aliphatic rings. The van der Waals surface area contributed by atoms with Crippen molar-refractivity contribution in [2.75, 3.05) is 36.0 Å². The third-order valence-electron chi connectivity index (χ3n) is 8.00. The molecule has 4 aromatic rings. The van der Waals surface area contributed by atoms with E-state index in [0.717, 1.165) is 35.6 Å². The van der Waals surface area contributed by atoms with E-state index in [1.54, 1.807) is 4.90 Å². The van der Waals surface area contributed by atoms with E-state index in [4.69, 9.17) is 16.3 Å². The number of halogens is 1. The van der Waals surface area contributed by atoms with E-state index < -0.39 is 6.09 Å². The van der Waals surface area contributed by atoms with Gasteiger partial charge in [0.15, 0.2) is 0 Å². The maximum absolute atomic E-state index is 13.0. The molecule has 41 heavy (non-hydrogen) atoms. The van der Waals surface area contributed by atoms with Crippen LogP contribution in [0, 0.1) is 18.3 Å². The Morgan fingerprint density at radius 1 is 1.02 bits per heavy atom. The molecule has 3 aromatic carbocycles. The van der Waals surface area contributed by atoms with Crippen LogP contribution in [0.25, 0.3) is 10.8 Å². The number of nitrogens with zero attached hydrogens (tertiary/aromatic N) is 6. The van der Waals surface area contributed by atoms with Crippen LogP contribution >= 0.6 is 11.6 Å². The van der Waals surface area contributed by atoms with Gasteiger partial charge in [0.25, 0.3) is 0 Å². The number of anilines is 2. The number of nitriles is 1. The van der Waals surface area contributed by atoms with Gasteiger partial charge in [-0.25, -0.2) is 14.8 Å². The normalized spacial score (nSPS) is 16.8. The van der Waals surface area contributed by atoms with Gasteiger partial charge >= 0.3 is 6.09 Å². The standard InChI is InChI=1S/C32H31ClN6O2/c1-22-7-5-10-24-11-6-12-28(29(22)24)37-16-14-26-27(20-37)35-31(33)36-30(26)38-17-18-39(25(19-38)13-15-34)32(40)41-21-23-8-3-2-4-9-23/h2-12,25H,13-14,16-21H2,1H3/t25-/m0/s1. The van der Waals surface area contributed by atoms with Crippen molar-refractivity contribution in [3.8, 4) is 6.07 Å². The number of hydrogen-bond acceptors (Lipinski definition) is 7. The van der Waals surface area contributed by atoms with Crippen molar-refractivity contribution in [2.24, 2.45) is 0 Å². The maximum Gasteiger partial charge on any atom is 0.410 e. The molecule has 9 heteroatoms. The van der Waals surface area contributed by atoms with Crippen molar-refractivity contribution >= 4 is 40.0 Å². The summed E-state index contributed by atoms with van der Waals surface area (Å²) in [6.45, 7) is 5.26. The molecule has 2 aliphatic heterocycles. The Bertz CT molecular complexity index is 1620. The zero-order chi connectivity index (χ0) is 28.3. The lowest BCUT2D eigenvalue weighted by Crippen LogP contribution is -2.55. The van der Waals surface area contributed by atoms with Gasteiger partial charge in [0, 0.05) is 42.8 Å². The highest BCUT2D eigenvalue weighted by atomic mass is 35.5. The second-order valence-corrected chi connectivity index (χ2v) is 10.9. The quantitative estimate of drug-likeness (QED) is 0.278. The van der Waals surface area contributed by atoms with Crippen molar-refractivity contribution in [3.63, 3.8) is 0 Å². The Balaban J connectivity index is 1.22. The van der Waals surface area contributed by atoms with Crippen LogP contribution < -0.4 is 9.80 Å². The lowest BCUT2D eigenvalue weighted by Gasteiger charge is -2.41. The fourth-order valence-electron chi connectivity index (χ4n) is 5.99. The predicted octanol–water partition coefficient (Wildman–Crippen LogP) is 5.90. The Kier molecular flexibility index (Phi) is 7.62. The number of benzene rings is 3. The van der Waals surface area contributed by atoms with Gasteiger partial charge in [0.2, 0.25) is 5.28 Å². The molecule has 1 atom stereocenters. The topological polar surface area (TPSA) is 85.6 Å². The first-order chi connectivity index (χ1) is 20.0. The van der Waals surface area contributed by atoms with Crippen LogP contribution in [0.3, 0.4) is 0 Å². The number of carbonyl (C=O) groups excluding carboxylic acids is 1. The molecule has 1 saturated heterocycles. The zero-order valence-electron chi connectivity index (χ0n) is 23.0. The van der Waals surface area contributed by atoms with E-state index in [2.05, 4.69) is 69.2 Å². The van der Waals surface area contributed by atoms with Crippen LogP contribution in [0.15, 0.2) is 66.7 Å². The van der Waals surface area contributed by atoms with Crippen LogP contribution in [0.4, 0.5) is 16.3 Å². The number of fused-ring (bicyclic) bond motifs is 2. The molecule has 0 spiro atoms. The molecule has 0 aliphatic carbocycles. The third kappa shape index (κ3) is 5.50. The summed E-state index contributed by atoms with van der Waals surface area (Å²) in [5.41, 5.74) is 5.36. The molecule has 0 bridgehead atoms. The van der Waals surface area contributed by atoms with Crippen LogP contribution in [0.1, 0.15) is 28.8 Å². The second kappa shape index (κ2) is 11.6. The molecule has 0 unspecified atom stereocenters. The van der Waals surface area contributed by atoms with E-state index in [0.29, 0.717) is 26.2 Å². The number of amides is 1. The number of piperazine rings is 1. The van der Waals surface area contributed by atoms with E-state index in [1.807, 2.05) is 30.3 Å². The Labute approximate surface area is 244 Å². The fourth-order valence-corrected chi connectivity index (χ4v) is 6.17. The highest BCUT2D eigenvalue weighted by Crippen LogP contribution is 2.35. The highest BCUT2D eigenvalue weighted by Gasteiger charge is 2.34. The van der Waals surface area contributed by atoms with E-state index in [9.17, 15) is 10.1 Å². The summed E-state index contributed by atoms with van der Waals surface area (Å²) < 4.78 is 5.59. The van der Waals surface area contributed by atoms with Crippen LogP contribution in [-0.4, -0.2) is 53.2 Å². The number of hydrogen-bond donors (Lipinski definition) is 0. The number of aromatic nitrogens is 2. The molecule has 0 saturated carbocycles. The number of carbonyl (C=O) groups is 1. The van der Waals surface area contributed by atoms with Crippen molar-refractivity contribution < 1.29 is 9.53 Å². The minimum atomic E-state index is -0.405. The van der Waals surface area contributed by atoms with Gasteiger partial charge < -0.3 is 19.4 Å². The summed E-state index contributed by atoms with van der Waals surface area (Å²) in [6, 6.07) is 24.3. The summed E-state index contributed by atoms with van der Waals surface area (Å²) in [4.78, 5) is 28.5. The van der Waals surface area contributed by atoms with E-state index in [-0.39, 0.29) is 24.4 Å². The molecule has 1 fully saturated rings. The number of aryl methyl sites for hydroxylation is 1. The van der Waals surface area contributed by atoms with E-state index >= 15 is 0 Å². The molecule has 3 heterocycles. The minimum Gasteiger partial charge on any atom is -0.445 e. The molecule has 8 nitrogen and oxygen atoms in total. The minimum absolute atomic E-state index is 0.195. The molecule has 208 valence electrons. The molecule has 0 N–H and O–H groups in total. The smallest absolute Gasteiger partial charge is 0.410 e. The van der Waals surface area contributed by atoms with Gasteiger partial charge in [-0.3, -0.25) is 0 Å². The zero-order valence-corrected chi connectivity index (χ0v) is 23.7. The van der Waals surface area contributed by atoms with Crippen LogP contribution in [-0.2, 0) is 24.3 Å². The molecule has 1 aromatic heterocycles. The lowest BCUT2D eigenvalue weighted by atomic mass is 9.99. The van der Waals surface area contributed by atoms with Gasteiger partial charge in [-0.15, -0.1) is 0 Å². The first kappa shape index (κ1) is 26.9. The summed E-state index contributed by atoms with van der Waals surface area (Å²) >= 11 is 6.49. The molecular formula is C32H31ClN6O2. The first-order valence-electron chi connectivity index (χ1n) is 13.9. The third-order valence-corrected chi connectivity index (χ3v) is 8.17. The molecule has 1 amide bonds. The highest BCUT2D eigenvalue weighted by molar-refractivity contribution is 6.28. The largest absolute Gasteiger partial charge is 0.445 e. The maximum atomic E-state index is 13.0. The molecular weight excluding hydrogens is 536 g/mol.